The molecule has 4 rings (SSSR count). The predicted molar refractivity (Wildman–Crippen MR) is 111 cm³/mol. The van der Waals surface area contributed by atoms with Crippen molar-refractivity contribution in [1.82, 2.24) is 0 Å². The molecular formula is C23H43N3O. The Kier molecular flexibility index (Phi) is 5.42. The number of hydrogen-bond donors (Lipinski definition) is 4. The average Bonchev–Trinajstić information content (AvgIpc) is 2.96. The van der Waals surface area contributed by atoms with E-state index in [0.717, 1.165) is 25.7 Å². The van der Waals surface area contributed by atoms with Crippen LogP contribution in [0.4, 0.5) is 0 Å². The van der Waals surface area contributed by atoms with Crippen molar-refractivity contribution in [3.05, 3.63) is 0 Å². The largest absolute Gasteiger partial charge is 0.396 e. The van der Waals surface area contributed by atoms with Crippen LogP contribution in [0.25, 0.3) is 0 Å². The van der Waals surface area contributed by atoms with Crippen LogP contribution in [0.3, 0.4) is 0 Å². The first-order valence-corrected chi connectivity index (χ1v) is 11.7. The van der Waals surface area contributed by atoms with Gasteiger partial charge >= 0.3 is 0 Å². The van der Waals surface area contributed by atoms with Gasteiger partial charge in [-0.15, -0.1) is 0 Å². The maximum atomic E-state index is 9.18. The molecule has 4 aliphatic carbocycles. The maximum absolute atomic E-state index is 9.18. The summed E-state index contributed by atoms with van der Waals surface area (Å²) in [6.07, 6.45) is 11.8. The van der Waals surface area contributed by atoms with Crippen LogP contribution >= 0.6 is 0 Å². The summed E-state index contributed by atoms with van der Waals surface area (Å²) in [6, 6.07) is 0.992. The quantitative estimate of drug-likeness (QED) is 0.566. The molecule has 2 unspecified atom stereocenters. The van der Waals surface area contributed by atoms with E-state index in [0.29, 0.717) is 59.7 Å². The van der Waals surface area contributed by atoms with Crippen LogP contribution in [0.2, 0.25) is 0 Å². The van der Waals surface area contributed by atoms with Crippen molar-refractivity contribution in [2.75, 3.05) is 6.61 Å². The lowest BCUT2D eigenvalue weighted by atomic mass is 9.42. The van der Waals surface area contributed by atoms with E-state index in [-0.39, 0.29) is 5.41 Å². The van der Waals surface area contributed by atoms with E-state index < -0.39 is 0 Å². The summed E-state index contributed by atoms with van der Waals surface area (Å²) in [5, 5.41) is 9.18. The lowest BCUT2D eigenvalue weighted by Crippen LogP contribution is -2.65. The van der Waals surface area contributed by atoms with Gasteiger partial charge in [-0.3, -0.25) is 0 Å². The zero-order valence-electron chi connectivity index (χ0n) is 17.6. The third kappa shape index (κ3) is 3.01. The van der Waals surface area contributed by atoms with Gasteiger partial charge in [0, 0.05) is 24.7 Å². The topological polar surface area (TPSA) is 98.3 Å². The number of fused-ring (bicyclic) bond motifs is 5. The fourth-order valence-electron chi connectivity index (χ4n) is 8.51. The minimum Gasteiger partial charge on any atom is -0.396 e. The third-order valence-corrected chi connectivity index (χ3v) is 10.2. The molecule has 27 heavy (non-hydrogen) atoms. The Morgan fingerprint density at radius 2 is 1.70 bits per heavy atom. The fourth-order valence-corrected chi connectivity index (χ4v) is 8.51. The minimum atomic E-state index is 0.239. The first-order valence-electron chi connectivity index (χ1n) is 11.7. The maximum Gasteiger partial charge on any atom is 0.0431 e. The minimum absolute atomic E-state index is 0.239. The molecule has 156 valence electrons. The van der Waals surface area contributed by atoms with Gasteiger partial charge in [-0.2, -0.15) is 0 Å². The van der Waals surface area contributed by atoms with Gasteiger partial charge in [-0.1, -0.05) is 20.3 Å². The van der Waals surface area contributed by atoms with E-state index in [2.05, 4.69) is 13.8 Å². The van der Waals surface area contributed by atoms with Gasteiger partial charge in [0.1, 0.15) is 0 Å². The van der Waals surface area contributed by atoms with Gasteiger partial charge in [0.2, 0.25) is 0 Å². The molecule has 0 aromatic carbocycles. The molecule has 4 heteroatoms. The van der Waals surface area contributed by atoms with E-state index in [1.807, 2.05) is 0 Å². The molecule has 0 saturated heterocycles. The van der Waals surface area contributed by atoms with Crippen LogP contribution in [0.5, 0.6) is 0 Å². The van der Waals surface area contributed by atoms with Crippen LogP contribution in [-0.2, 0) is 0 Å². The van der Waals surface area contributed by atoms with Crippen molar-refractivity contribution in [2.24, 2.45) is 57.6 Å². The van der Waals surface area contributed by atoms with E-state index in [4.69, 9.17) is 17.2 Å². The van der Waals surface area contributed by atoms with E-state index in [1.165, 1.54) is 38.5 Å². The Hall–Kier alpha value is -0.160. The highest BCUT2D eigenvalue weighted by Gasteiger charge is 2.64. The Morgan fingerprint density at radius 3 is 2.44 bits per heavy atom. The molecule has 4 saturated carbocycles. The summed E-state index contributed by atoms with van der Waals surface area (Å²) in [5.41, 5.74) is 20.9. The predicted octanol–water partition coefficient (Wildman–Crippen LogP) is 3.01. The SMILES string of the molecule is C[C@@]12[C@@H](CCCCO)CC[C@H]1C1[C@H](N)CC3C[C@H](N)CC[C@]3(C)[C@H]1C[C@@H]2N. The fraction of sp³-hybridized carbons (Fsp3) is 1.00. The smallest absolute Gasteiger partial charge is 0.0431 e. The first-order chi connectivity index (χ1) is 12.8. The molecular weight excluding hydrogens is 334 g/mol. The van der Waals surface area contributed by atoms with E-state index in [9.17, 15) is 5.11 Å². The second-order valence-corrected chi connectivity index (χ2v) is 11.1. The van der Waals surface area contributed by atoms with E-state index in [1.54, 1.807) is 0 Å². The van der Waals surface area contributed by atoms with Gasteiger partial charge in [-0.25, -0.2) is 0 Å². The summed E-state index contributed by atoms with van der Waals surface area (Å²) in [5.74, 6) is 3.42. The van der Waals surface area contributed by atoms with Gasteiger partial charge in [-0.05, 0) is 98.2 Å². The van der Waals surface area contributed by atoms with Crippen molar-refractivity contribution in [2.45, 2.75) is 96.2 Å². The number of unbranched alkanes of at least 4 members (excludes halogenated alkanes) is 1. The highest BCUT2D eigenvalue weighted by Crippen LogP contribution is 2.67. The number of nitrogens with two attached hydrogens (primary N) is 3. The Bertz CT molecular complexity index is 542. The van der Waals surface area contributed by atoms with Crippen molar-refractivity contribution in [3.8, 4) is 0 Å². The molecule has 0 spiro atoms. The second kappa shape index (κ2) is 7.27. The normalized spacial score (nSPS) is 54.9. The van der Waals surface area contributed by atoms with Crippen molar-refractivity contribution >= 4 is 0 Å². The lowest BCUT2D eigenvalue weighted by Gasteiger charge is -2.64. The molecule has 0 amide bonds. The molecule has 4 fully saturated rings. The number of aliphatic hydroxyl groups excluding tert-OH is 1. The summed E-state index contributed by atoms with van der Waals surface area (Å²) >= 11 is 0. The van der Waals surface area contributed by atoms with Crippen molar-refractivity contribution in [1.29, 1.82) is 0 Å². The highest BCUT2D eigenvalue weighted by molar-refractivity contribution is 5.15. The lowest BCUT2D eigenvalue weighted by molar-refractivity contribution is -0.129. The number of rotatable bonds is 4. The molecule has 0 radical (unpaired) electrons. The zero-order valence-corrected chi connectivity index (χ0v) is 17.6. The molecule has 0 heterocycles. The van der Waals surface area contributed by atoms with Crippen molar-refractivity contribution < 1.29 is 5.11 Å². The Morgan fingerprint density at radius 1 is 0.926 bits per heavy atom. The second-order valence-electron chi connectivity index (χ2n) is 11.1. The van der Waals surface area contributed by atoms with Gasteiger partial charge < -0.3 is 22.3 Å². The third-order valence-electron chi connectivity index (χ3n) is 10.2. The first kappa shape index (κ1) is 20.1. The zero-order chi connectivity index (χ0) is 19.4. The number of aliphatic hydroxyl groups is 1. The van der Waals surface area contributed by atoms with Crippen LogP contribution in [0, 0.1) is 40.4 Å². The molecule has 0 bridgehead atoms. The van der Waals surface area contributed by atoms with Crippen LogP contribution in [-0.4, -0.2) is 29.8 Å². The molecule has 0 aromatic heterocycles. The molecule has 7 N–H and O–H groups in total. The summed E-state index contributed by atoms with van der Waals surface area (Å²) in [6.45, 7) is 5.36. The summed E-state index contributed by atoms with van der Waals surface area (Å²) in [7, 11) is 0. The van der Waals surface area contributed by atoms with Crippen molar-refractivity contribution in [3.63, 3.8) is 0 Å². The molecule has 0 aliphatic heterocycles. The summed E-state index contributed by atoms with van der Waals surface area (Å²) in [4.78, 5) is 0. The van der Waals surface area contributed by atoms with Crippen LogP contribution in [0.1, 0.15) is 78.1 Å². The average molecular weight is 378 g/mol. The molecule has 4 aliphatic rings. The molecule has 0 aromatic rings. The van der Waals surface area contributed by atoms with Crippen LogP contribution < -0.4 is 17.2 Å². The van der Waals surface area contributed by atoms with Gasteiger partial charge in [0.25, 0.3) is 0 Å². The van der Waals surface area contributed by atoms with Crippen LogP contribution in [0.15, 0.2) is 0 Å². The molecule has 4 nitrogen and oxygen atoms in total. The highest BCUT2D eigenvalue weighted by atomic mass is 16.2. The van der Waals surface area contributed by atoms with Gasteiger partial charge in [0.05, 0.1) is 0 Å². The number of hydrogen-bond acceptors (Lipinski definition) is 4. The van der Waals surface area contributed by atoms with Gasteiger partial charge in [0.15, 0.2) is 0 Å². The molecule has 10 atom stereocenters. The Balaban J connectivity index is 1.60. The van der Waals surface area contributed by atoms with E-state index >= 15 is 0 Å². The Labute approximate surface area is 166 Å². The standard InChI is InChI=1S/C23H43N3O/c1-22-9-8-16(24)11-15(22)12-19(25)21-17-7-6-14(5-3-4-10-27)23(17,2)20(26)13-18(21)22/h14-21,27H,3-13,24-26H2,1-2H3/t14-,15?,16+,17-,18-,19+,20-,21?,22-,23+/m0/s1. The summed E-state index contributed by atoms with van der Waals surface area (Å²) < 4.78 is 0. The monoisotopic (exact) mass is 377 g/mol.